The Morgan fingerprint density at radius 1 is 1.10 bits per heavy atom. The lowest BCUT2D eigenvalue weighted by Crippen LogP contribution is -2.35. The van der Waals surface area contributed by atoms with Crippen molar-refractivity contribution >= 4 is 0 Å². The SMILES string of the molecule is CCOC(c1nc(C)c(CNC(C)(C)C)c(C)n1)C(C)C. The van der Waals surface area contributed by atoms with Crippen molar-refractivity contribution in [3.63, 3.8) is 0 Å². The van der Waals surface area contributed by atoms with Crippen LogP contribution >= 0.6 is 0 Å². The quantitative estimate of drug-likeness (QED) is 0.868. The normalized spacial score (nSPS) is 13.8. The van der Waals surface area contributed by atoms with Gasteiger partial charge in [0.25, 0.3) is 0 Å². The van der Waals surface area contributed by atoms with Gasteiger partial charge in [0.2, 0.25) is 0 Å². The molecule has 0 amide bonds. The lowest BCUT2D eigenvalue weighted by atomic mass is 10.0. The van der Waals surface area contributed by atoms with E-state index in [4.69, 9.17) is 14.7 Å². The van der Waals surface area contributed by atoms with Gasteiger partial charge in [-0.3, -0.25) is 0 Å². The highest BCUT2D eigenvalue weighted by atomic mass is 16.5. The highest BCUT2D eigenvalue weighted by Crippen LogP contribution is 2.24. The molecule has 0 aliphatic rings. The van der Waals surface area contributed by atoms with Gasteiger partial charge in [0.15, 0.2) is 5.82 Å². The molecule has 1 heterocycles. The molecule has 1 rings (SSSR count). The fourth-order valence-electron chi connectivity index (χ4n) is 2.25. The Labute approximate surface area is 129 Å². The van der Waals surface area contributed by atoms with Crippen molar-refractivity contribution in [1.29, 1.82) is 0 Å². The van der Waals surface area contributed by atoms with Gasteiger partial charge in [0.05, 0.1) is 0 Å². The van der Waals surface area contributed by atoms with Crippen LogP contribution in [0.3, 0.4) is 0 Å². The monoisotopic (exact) mass is 293 g/mol. The number of hydrogen-bond donors (Lipinski definition) is 1. The molecule has 21 heavy (non-hydrogen) atoms. The maximum absolute atomic E-state index is 5.81. The van der Waals surface area contributed by atoms with Crippen molar-refractivity contribution in [3.05, 3.63) is 22.8 Å². The van der Waals surface area contributed by atoms with Gasteiger partial charge in [-0.05, 0) is 47.5 Å². The Morgan fingerprint density at radius 3 is 2.00 bits per heavy atom. The fraction of sp³-hybridized carbons (Fsp3) is 0.765. The third-order valence-corrected chi connectivity index (χ3v) is 3.44. The summed E-state index contributed by atoms with van der Waals surface area (Å²) in [5.41, 5.74) is 3.36. The number of hydrogen-bond acceptors (Lipinski definition) is 4. The van der Waals surface area contributed by atoms with Crippen LogP contribution in [0.2, 0.25) is 0 Å². The summed E-state index contributed by atoms with van der Waals surface area (Å²) in [5, 5.41) is 3.51. The van der Waals surface area contributed by atoms with Crippen molar-refractivity contribution in [2.24, 2.45) is 5.92 Å². The van der Waals surface area contributed by atoms with E-state index >= 15 is 0 Å². The fourth-order valence-corrected chi connectivity index (χ4v) is 2.25. The highest BCUT2D eigenvalue weighted by molar-refractivity contribution is 5.25. The van der Waals surface area contributed by atoms with Crippen molar-refractivity contribution in [2.45, 2.75) is 73.6 Å². The molecule has 120 valence electrons. The van der Waals surface area contributed by atoms with Gasteiger partial charge in [0.1, 0.15) is 6.10 Å². The zero-order chi connectivity index (χ0) is 16.2. The predicted molar refractivity (Wildman–Crippen MR) is 87.3 cm³/mol. The van der Waals surface area contributed by atoms with Crippen LogP contribution in [0.4, 0.5) is 0 Å². The predicted octanol–water partition coefficient (Wildman–Crippen LogP) is 3.72. The third kappa shape index (κ3) is 5.36. The van der Waals surface area contributed by atoms with Gasteiger partial charge in [-0.2, -0.15) is 0 Å². The summed E-state index contributed by atoms with van der Waals surface area (Å²) in [6, 6.07) is 0. The maximum atomic E-state index is 5.81. The largest absolute Gasteiger partial charge is 0.370 e. The van der Waals surface area contributed by atoms with E-state index in [1.165, 1.54) is 5.56 Å². The van der Waals surface area contributed by atoms with E-state index in [1.54, 1.807) is 0 Å². The van der Waals surface area contributed by atoms with Crippen LogP contribution in [-0.2, 0) is 11.3 Å². The smallest absolute Gasteiger partial charge is 0.157 e. The minimum Gasteiger partial charge on any atom is -0.370 e. The van der Waals surface area contributed by atoms with E-state index in [-0.39, 0.29) is 11.6 Å². The molecule has 0 saturated carbocycles. The van der Waals surface area contributed by atoms with E-state index < -0.39 is 0 Å². The number of rotatable bonds is 6. The van der Waals surface area contributed by atoms with Gasteiger partial charge >= 0.3 is 0 Å². The van der Waals surface area contributed by atoms with Crippen LogP contribution in [0.15, 0.2) is 0 Å². The van der Waals surface area contributed by atoms with Crippen LogP contribution < -0.4 is 5.32 Å². The Balaban J connectivity index is 3.03. The summed E-state index contributed by atoms with van der Waals surface area (Å²) in [6.45, 7) is 18.4. The van der Waals surface area contributed by atoms with E-state index in [2.05, 4.69) is 53.8 Å². The molecule has 0 fully saturated rings. The van der Waals surface area contributed by atoms with Crippen LogP contribution in [-0.4, -0.2) is 22.1 Å². The summed E-state index contributed by atoms with van der Waals surface area (Å²) >= 11 is 0. The number of aryl methyl sites for hydroxylation is 2. The van der Waals surface area contributed by atoms with Crippen LogP contribution in [0.25, 0.3) is 0 Å². The molecule has 0 bridgehead atoms. The topological polar surface area (TPSA) is 47.0 Å². The minimum absolute atomic E-state index is 0.0305. The molecule has 0 saturated heterocycles. The number of nitrogens with zero attached hydrogens (tertiary/aromatic N) is 2. The maximum Gasteiger partial charge on any atom is 0.157 e. The second-order valence-electron chi connectivity index (χ2n) is 6.95. The van der Waals surface area contributed by atoms with E-state index in [1.807, 2.05) is 6.92 Å². The standard InChI is InChI=1S/C17H31N3O/c1-9-21-15(11(2)3)16-19-12(4)14(13(5)20-16)10-18-17(6,7)8/h11,15,18H,9-10H2,1-8H3. The number of nitrogens with one attached hydrogen (secondary N) is 1. The van der Waals surface area contributed by atoms with Gasteiger partial charge in [0, 0.05) is 35.6 Å². The molecule has 1 aromatic heterocycles. The zero-order valence-electron chi connectivity index (χ0n) is 14.9. The second kappa shape index (κ2) is 7.32. The Hall–Kier alpha value is -1.00. The Kier molecular flexibility index (Phi) is 6.29. The molecule has 0 radical (unpaired) electrons. The van der Waals surface area contributed by atoms with E-state index in [0.717, 1.165) is 23.8 Å². The summed E-state index contributed by atoms with van der Waals surface area (Å²) in [7, 11) is 0. The molecule has 1 atom stereocenters. The first-order chi connectivity index (χ1) is 9.65. The van der Waals surface area contributed by atoms with Crippen molar-refractivity contribution in [2.75, 3.05) is 6.61 Å². The molecule has 1 N–H and O–H groups in total. The highest BCUT2D eigenvalue weighted by Gasteiger charge is 2.21. The Morgan fingerprint density at radius 2 is 1.62 bits per heavy atom. The molecular formula is C17H31N3O. The lowest BCUT2D eigenvalue weighted by Gasteiger charge is -2.24. The first kappa shape index (κ1) is 18.1. The molecule has 4 heteroatoms. The van der Waals surface area contributed by atoms with Gasteiger partial charge in [-0.15, -0.1) is 0 Å². The number of aromatic nitrogens is 2. The molecule has 0 spiro atoms. The molecule has 0 aromatic carbocycles. The first-order valence-electron chi connectivity index (χ1n) is 7.86. The average Bonchev–Trinajstić information content (AvgIpc) is 2.32. The van der Waals surface area contributed by atoms with Gasteiger partial charge < -0.3 is 10.1 Å². The first-order valence-corrected chi connectivity index (χ1v) is 7.86. The summed E-state index contributed by atoms with van der Waals surface area (Å²) in [6.07, 6.45) is -0.0305. The summed E-state index contributed by atoms with van der Waals surface area (Å²) in [5.74, 6) is 1.17. The van der Waals surface area contributed by atoms with Gasteiger partial charge in [-0.25, -0.2) is 9.97 Å². The van der Waals surface area contributed by atoms with Crippen molar-refractivity contribution in [1.82, 2.24) is 15.3 Å². The lowest BCUT2D eigenvalue weighted by molar-refractivity contribution is 0.0229. The minimum atomic E-state index is -0.0305. The van der Waals surface area contributed by atoms with Gasteiger partial charge in [-0.1, -0.05) is 13.8 Å². The van der Waals surface area contributed by atoms with Crippen molar-refractivity contribution in [3.8, 4) is 0 Å². The van der Waals surface area contributed by atoms with E-state index in [0.29, 0.717) is 12.5 Å². The third-order valence-electron chi connectivity index (χ3n) is 3.44. The molecule has 1 aromatic rings. The van der Waals surface area contributed by atoms with Crippen LogP contribution in [0.1, 0.15) is 70.4 Å². The molecule has 0 aliphatic heterocycles. The van der Waals surface area contributed by atoms with Crippen molar-refractivity contribution < 1.29 is 4.74 Å². The second-order valence-corrected chi connectivity index (χ2v) is 6.95. The number of ether oxygens (including phenoxy) is 1. The molecule has 0 aliphatic carbocycles. The van der Waals surface area contributed by atoms with Crippen LogP contribution in [0.5, 0.6) is 0 Å². The van der Waals surface area contributed by atoms with E-state index in [9.17, 15) is 0 Å². The van der Waals surface area contributed by atoms with Crippen LogP contribution in [0, 0.1) is 19.8 Å². The molecular weight excluding hydrogens is 262 g/mol. The Bertz CT molecular complexity index is 441. The summed E-state index contributed by atoms with van der Waals surface area (Å²) in [4.78, 5) is 9.40. The molecule has 4 nitrogen and oxygen atoms in total. The molecule has 1 unspecified atom stereocenters. The zero-order valence-corrected chi connectivity index (χ0v) is 14.9. The average molecular weight is 293 g/mol. The summed E-state index contributed by atoms with van der Waals surface area (Å²) < 4.78 is 5.81.